The van der Waals surface area contributed by atoms with Gasteiger partial charge in [0.25, 0.3) is 0 Å². The van der Waals surface area contributed by atoms with Gasteiger partial charge in [0.1, 0.15) is 5.75 Å². The van der Waals surface area contributed by atoms with Crippen LogP contribution in [0.15, 0.2) is 23.2 Å². The number of hydrogen-bond acceptors (Lipinski definition) is 3. The normalized spacial score (nSPS) is 13.2. The molecule has 0 atom stereocenters. The molecule has 0 aliphatic carbocycles. The van der Waals surface area contributed by atoms with E-state index >= 15 is 0 Å². The minimum atomic E-state index is -0.943. The van der Waals surface area contributed by atoms with Crippen molar-refractivity contribution in [2.75, 3.05) is 6.73 Å². The van der Waals surface area contributed by atoms with Crippen molar-refractivity contribution < 1.29 is 14.6 Å². The lowest BCUT2D eigenvalue weighted by molar-refractivity contribution is 0.0697. The number of benzene rings is 1. The van der Waals surface area contributed by atoms with E-state index in [4.69, 9.17) is 9.84 Å². The van der Waals surface area contributed by atoms with Crippen molar-refractivity contribution in [2.24, 2.45) is 4.99 Å². The monoisotopic (exact) mass is 177 g/mol. The molecular formula is C9H7NO3. The van der Waals surface area contributed by atoms with E-state index < -0.39 is 5.97 Å². The van der Waals surface area contributed by atoms with Gasteiger partial charge < -0.3 is 9.84 Å². The summed E-state index contributed by atoms with van der Waals surface area (Å²) in [5.41, 5.74) is 0.960. The molecule has 2 rings (SSSR count). The lowest BCUT2D eigenvalue weighted by Crippen LogP contribution is -2.06. The molecule has 4 nitrogen and oxygen atoms in total. The number of rotatable bonds is 1. The summed E-state index contributed by atoms with van der Waals surface area (Å²) >= 11 is 0. The first-order valence-electron chi connectivity index (χ1n) is 3.77. The number of ether oxygens (including phenoxy) is 1. The Morgan fingerprint density at radius 2 is 2.38 bits per heavy atom. The first-order valence-corrected chi connectivity index (χ1v) is 3.77. The van der Waals surface area contributed by atoms with Crippen molar-refractivity contribution in [3.05, 3.63) is 29.3 Å². The Kier molecular flexibility index (Phi) is 1.73. The second kappa shape index (κ2) is 2.90. The Balaban J connectivity index is 2.48. The smallest absolute Gasteiger partial charge is 0.335 e. The molecule has 4 heteroatoms. The molecule has 1 aliphatic heterocycles. The maximum absolute atomic E-state index is 10.6. The third-order valence-electron chi connectivity index (χ3n) is 1.78. The number of fused-ring (bicyclic) bond motifs is 1. The lowest BCUT2D eigenvalue weighted by Gasteiger charge is -2.11. The van der Waals surface area contributed by atoms with Gasteiger partial charge >= 0.3 is 5.97 Å². The molecule has 0 bridgehead atoms. The second-order valence-electron chi connectivity index (χ2n) is 2.64. The summed E-state index contributed by atoms with van der Waals surface area (Å²) in [6, 6.07) is 4.70. The number of carboxylic acids is 1. The largest absolute Gasteiger partial charge is 0.478 e. The van der Waals surface area contributed by atoms with E-state index in [0.717, 1.165) is 0 Å². The van der Waals surface area contributed by atoms with Crippen molar-refractivity contribution in [3.63, 3.8) is 0 Å². The van der Waals surface area contributed by atoms with E-state index in [-0.39, 0.29) is 5.56 Å². The second-order valence-corrected chi connectivity index (χ2v) is 2.64. The molecule has 0 amide bonds. The highest BCUT2D eigenvalue weighted by Gasteiger charge is 2.09. The summed E-state index contributed by atoms with van der Waals surface area (Å²) < 4.78 is 5.17. The van der Waals surface area contributed by atoms with Crippen LogP contribution in [0.1, 0.15) is 15.9 Å². The summed E-state index contributed by atoms with van der Waals surface area (Å²) in [6.45, 7) is 0.305. The first-order chi connectivity index (χ1) is 6.27. The van der Waals surface area contributed by atoms with Gasteiger partial charge in [-0.1, -0.05) is 0 Å². The Morgan fingerprint density at radius 1 is 1.54 bits per heavy atom. The molecule has 0 unspecified atom stereocenters. The standard InChI is InChI=1S/C9H7NO3/c11-9(12)6-1-2-8-7(3-6)4-10-5-13-8/h1-4H,5H2,(H,11,12). The number of aliphatic imine (C=N–C) groups is 1. The zero-order chi connectivity index (χ0) is 9.26. The van der Waals surface area contributed by atoms with E-state index in [1.807, 2.05) is 0 Å². The van der Waals surface area contributed by atoms with Crippen molar-refractivity contribution in [2.45, 2.75) is 0 Å². The van der Waals surface area contributed by atoms with Gasteiger partial charge in [0.2, 0.25) is 0 Å². The summed E-state index contributed by atoms with van der Waals surface area (Å²) in [4.78, 5) is 14.5. The van der Waals surface area contributed by atoms with Crippen molar-refractivity contribution in [3.8, 4) is 5.75 Å². The van der Waals surface area contributed by atoms with Gasteiger partial charge in [-0.25, -0.2) is 4.79 Å². The van der Waals surface area contributed by atoms with Crippen LogP contribution in [0.3, 0.4) is 0 Å². The Morgan fingerprint density at radius 3 is 3.15 bits per heavy atom. The van der Waals surface area contributed by atoms with E-state index in [9.17, 15) is 4.79 Å². The van der Waals surface area contributed by atoms with Crippen LogP contribution in [-0.4, -0.2) is 24.0 Å². The molecule has 0 saturated carbocycles. The third-order valence-corrected chi connectivity index (χ3v) is 1.78. The van der Waals surface area contributed by atoms with E-state index in [1.54, 1.807) is 18.3 Å². The molecule has 66 valence electrons. The van der Waals surface area contributed by atoms with Gasteiger partial charge in [0, 0.05) is 11.8 Å². The number of carbonyl (C=O) groups is 1. The fraction of sp³-hybridized carbons (Fsp3) is 0.111. The molecule has 0 radical (unpaired) electrons. The number of nitrogens with zero attached hydrogens (tertiary/aromatic N) is 1. The van der Waals surface area contributed by atoms with Gasteiger partial charge in [-0.05, 0) is 18.2 Å². The highest BCUT2D eigenvalue weighted by atomic mass is 16.5. The summed E-state index contributed by atoms with van der Waals surface area (Å²) in [6.07, 6.45) is 1.62. The van der Waals surface area contributed by atoms with E-state index in [2.05, 4.69) is 4.99 Å². The third kappa shape index (κ3) is 1.38. The van der Waals surface area contributed by atoms with E-state index in [1.165, 1.54) is 6.07 Å². The summed E-state index contributed by atoms with van der Waals surface area (Å²) in [5, 5.41) is 8.70. The van der Waals surface area contributed by atoms with Crippen LogP contribution in [-0.2, 0) is 0 Å². The van der Waals surface area contributed by atoms with Crippen LogP contribution < -0.4 is 4.74 Å². The van der Waals surface area contributed by atoms with Gasteiger partial charge in [-0.3, -0.25) is 4.99 Å². The molecule has 1 aromatic carbocycles. The van der Waals surface area contributed by atoms with Crippen LogP contribution in [0.5, 0.6) is 5.75 Å². The highest BCUT2D eigenvalue weighted by Crippen LogP contribution is 2.20. The van der Waals surface area contributed by atoms with E-state index in [0.29, 0.717) is 18.0 Å². The highest BCUT2D eigenvalue weighted by molar-refractivity contribution is 5.92. The van der Waals surface area contributed by atoms with Crippen LogP contribution in [0, 0.1) is 0 Å². The zero-order valence-electron chi connectivity index (χ0n) is 6.73. The molecule has 0 fully saturated rings. The molecule has 0 saturated heterocycles. The minimum Gasteiger partial charge on any atom is -0.478 e. The SMILES string of the molecule is O=C(O)c1ccc2c(c1)C=NCO2. The Labute approximate surface area is 74.5 Å². The van der Waals surface area contributed by atoms with Gasteiger partial charge in [-0.2, -0.15) is 0 Å². The van der Waals surface area contributed by atoms with Crippen molar-refractivity contribution >= 4 is 12.2 Å². The summed E-state index contributed by atoms with van der Waals surface area (Å²) in [5.74, 6) is -0.262. The molecule has 0 aromatic heterocycles. The fourth-order valence-corrected chi connectivity index (χ4v) is 1.16. The lowest BCUT2D eigenvalue weighted by atomic mass is 10.1. The van der Waals surface area contributed by atoms with Crippen LogP contribution in [0.2, 0.25) is 0 Å². The average Bonchev–Trinajstić information content (AvgIpc) is 2.17. The predicted octanol–water partition coefficient (Wildman–Crippen LogP) is 1.15. The molecule has 0 spiro atoms. The van der Waals surface area contributed by atoms with Crippen molar-refractivity contribution in [1.29, 1.82) is 0 Å². The molecular weight excluding hydrogens is 170 g/mol. The molecule has 1 N–H and O–H groups in total. The van der Waals surface area contributed by atoms with Crippen LogP contribution >= 0.6 is 0 Å². The molecule has 1 heterocycles. The average molecular weight is 177 g/mol. The Hall–Kier alpha value is -1.84. The molecule has 1 aromatic rings. The molecule has 13 heavy (non-hydrogen) atoms. The van der Waals surface area contributed by atoms with Crippen LogP contribution in [0.25, 0.3) is 0 Å². The quantitative estimate of drug-likeness (QED) is 0.700. The number of aromatic carboxylic acids is 1. The first kappa shape index (κ1) is 7.79. The Bertz CT molecular complexity index is 384. The topological polar surface area (TPSA) is 58.9 Å². The van der Waals surface area contributed by atoms with Crippen LogP contribution in [0.4, 0.5) is 0 Å². The number of carboxylic acid groups (broad SMARTS) is 1. The maximum Gasteiger partial charge on any atom is 0.335 e. The fourth-order valence-electron chi connectivity index (χ4n) is 1.16. The maximum atomic E-state index is 10.6. The van der Waals surface area contributed by atoms with Gasteiger partial charge in [0.05, 0.1) is 5.56 Å². The number of hydrogen-bond donors (Lipinski definition) is 1. The minimum absolute atomic E-state index is 0.246. The zero-order valence-corrected chi connectivity index (χ0v) is 6.73. The summed E-state index contributed by atoms with van der Waals surface area (Å²) in [7, 11) is 0. The van der Waals surface area contributed by atoms with Gasteiger partial charge in [0.15, 0.2) is 6.73 Å². The van der Waals surface area contributed by atoms with Gasteiger partial charge in [-0.15, -0.1) is 0 Å². The predicted molar refractivity (Wildman–Crippen MR) is 46.5 cm³/mol. The molecule has 1 aliphatic rings. The van der Waals surface area contributed by atoms with Crippen molar-refractivity contribution in [1.82, 2.24) is 0 Å².